The average Bonchev–Trinajstić information content (AvgIpc) is 2.69. The topological polar surface area (TPSA) is 83.8 Å². The molecule has 6 nitrogen and oxygen atoms in total. The molecule has 2 aromatic rings. The average molecular weight is 437 g/mol. The number of halogens is 3. The molecule has 0 aliphatic carbocycles. The lowest BCUT2D eigenvalue weighted by molar-refractivity contribution is 0.243. The standard InChI is InChI=1S/C21H27ClF2N6/c1-13(2)7-14-8-17(24)20(21(25)28-26)19(9-14)30-5-3-29(4-6-30)12-18-16(23)10-15(22)11-27-18/h8-11,13H,3-7,12,26H2,1-2H3,(H2,25,28). The van der Waals surface area contributed by atoms with Gasteiger partial charge in [0.15, 0.2) is 5.84 Å². The highest BCUT2D eigenvalue weighted by Crippen LogP contribution is 2.28. The van der Waals surface area contributed by atoms with Crippen LogP contribution in [-0.2, 0) is 13.0 Å². The molecule has 1 saturated heterocycles. The highest BCUT2D eigenvalue weighted by Gasteiger charge is 2.24. The van der Waals surface area contributed by atoms with Crippen LogP contribution >= 0.6 is 11.6 Å². The summed E-state index contributed by atoms with van der Waals surface area (Å²) in [5.74, 6) is 4.86. The Hall–Kier alpha value is -2.45. The van der Waals surface area contributed by atoms with Gasteiger partial charge in [-0.2, -0.15) is 5.10 Å². The van der Waals surface area contributed by atoms with Crippen LogP contribution in [0.25, 0.3) is 0 Å². The first-order chi connectivity index (χ1) is 14.3. The third-order valence-corrected chi connectivity index (χ3v) is 5.35. The molecule has 0 spiro atoms. The van der Waals surface area contributed by atoms with E-state index in [2.05, 4.69) is 33.7 Å². The molecule has 3 rings (SSSR count). The van der Waals surface area contributed by atoms with Crippen LogP contribution in [-0.4, -0.2) is 41.9 Å². The van der Waals surface area contributed by atoms with Crippen molar-refractivity contribution in [2.45, 2.75) is 26.8 Å². The van der Waals surface area contributed by atoms with Gasteiger partial charge in [-0.3, -0.25) is 9.88 Å². The van der Waals surface area contributed by atoms with E-state index in [0.29, 0.717) is 50.0 Å². The fraction of sp³-hybridized carbons (Fsp3) is 0.429. The Morgan fingerprint density at radius 1 is 1.17 bits per heavy atom. The number of anilines is 1. The van der Waals surface area contributed by atoms with Gasteiger partial charge < -0.3 is 16.5 Å². The van der Waals surface area contributed by atoms with Crippen LogP contribution in [0.5, 0.6) is 0 Å². The minimum atomic E-state index is -0.426. The van der Waals surface area contributed by atoms with Gasteiger partial charge in [0.1, 0.15) is 11.6 Å². The van der Waals surface area contributed by atoms with Crippen molar-refractivity contribution in [2.24, 2.45) is 22.6 Å². The van der Waals surface area contributed by atoms with Crippen molar-refractivity contribution in [3.05, 3.63) is 57.9 Å². The highest BCUT2D eigenvalue weighted by atomic mass is 35.5. The molecule has 0 unspecified atom stereocenters. The fourth-order valence-electron chi connectivity index (χ4n) is 3.72. The summed E-state index contributed by atoms with van der Waals surface area (Å²) in [6.07, 6.45) is 2.20. The lowest BCUT2D eigenvalue weighted by Crippen LogP contribution is -2.47. The Labute approximate surface area is 180 Å². The number of hydrogen-bond acceptors (Lipinski definition) is 5. The number of nitrogens with zero attached hydrogens (tertiary/aromatic N) is 4. The molecule has 162 valence electrons. The quantitative estimate of drug-likeness (QED) is 0.314. The van der Waals surface area contributed by atoms with Crippen molar-refractivity contribution in [2.75, 3.05) is 31.1 Å². The summed E-state index contributed by atoms with van der Waals surface area (Å²) in [5.41, 5.74) is 8.08. The Balaban J connectivity index is 1.78. The van der Waals surface area contributed by atoms with Gasteiger partial charge in [-0.05, 0) is 36.1 Å². The molecule has 4 N–H and O–H groups in total. The Morgan fingerprint density at radius 3 is 2.47 bits per heavy atom. The van der Waals surface area contributed by atoms with Crippen molar-refractivity contribution in [3.8, 4) is 0 Å². The number of pyridine rings is 1. The van der Waals surface area contributed by atoms with Gasteiger partial charge in [-0.25, -0.2) is 8.78 Å². The lowest BCUT2D eigenvalue weighted by atomic mass is 9.98. The molecular formula is C21H27ClF2N6. The van der Waals surface area contributed by atoms with Crippen LogP contribution in [0.3, 0.4) is 0 Å². The van der Waals surface area contributed by atoms with Crippen molar-refractivity contribution in [1.82, 2.24) is 9.88 Å². The summed E-state index contributed by atoms with van der Waals surface area (Å²) in [6, 6.07) is 4.74. The predicted octanol–water partition coefficient (Wildman–Crippen LogP) is 3.11. The van der Waals surface area contributed by atoms with E-state index in [0.717, 1.165) is 12.0 Å². The zero-order valence-electron chi connectivity index (χ0n) is 17.2. The number of benzene rings is 1. The second kappa shape index (κ2) is 9.57. The Morgan fingerprint density at radius 2 is 1.87 bits per heavy atom. The van der Waals surface area contributed by atoms with Crippen LogP contribution in [0, 0.1) is 17.6 Å². The van der Waals surface area contributed by atoms with Crippen molar-refractivity contribution in [3.63, 3.8) is 0 Å². The highest BCUT2D eigenvalue weighted by molar-refractivity contribution is 6.30. The molecule has 0 bridgehead atoms. The normalized spacial score (nSPS) is 15.8. The van der Waals surface area contributed by atoms with Crippen molar-refractivity contribution in [1.29, 1.82) is 0 Å². The summed E-state index contributed by atoms with van der Waals surface area (Å²) in [6.45, 7) is 7.15. The van der Waals surface area contributed by atoms with E-state index in [1.165, 1.54) is 18.3 Å². The van der Waals surface area contributed by atoms with Gasteiger partial charge in [-0.15, -0.1) is 0 Å². The number of nitrogens with two attached hydrogens (primary N) is 2. The molecule has 0 atom stereocenters. The number of rotatable bonds is 6. The van der Waals surface area contributed by atoms with Gasteiger partial charge in [0, 0.05) is 38.9 Å². The van der Waals surface area contributed by atoms with E-state index in [9.17, 15) is 8.78 Å². The maximum atomic E-state index is 14.9. The second-order valence-electron chi connectivity index (χ2n) is 7.93. The van der Waals surface area contributed by atoms with Crippen molar-refractivity contribution >= 4 is 23.1 Å². The van der Waals surface area contributed by atoms with Crippen LogP contribution in [0.2, 0.25) is 5.02 Å². The second-order valence-corrected chi connectivity index (χ2v) is 8.37. The zero-order chi connectivity index (χ0) is 21.8. The van der Waals surface area contributed by atoms with Gasteiger partial charge in [0.2, 0.25) is 0 Å². The molecule has 1 fully saturated rings. The molecule has 1 aliphatic heterocycles. The number of aromatic nitrogens is 1. The largest absolute Gasteiger partial charge is 0.382 e. The van der Waals surface area contributed by atoms with E-state index in [-0.39, 0.29) is 16.4 Å². The first kappa shape index (κ1) is 22.2. The Bertz CT molecular complexity index is 926. The third kappa shape index (κ3) is 5.17. The van der Waals surface area contributed by atoms with Gasteiger partial charge >= 0.3 is 0 Å². The molecule has 1 aromatic carbocycles. The molecule has 30 heavy (non-hydrogen) atoms. The summed E-state index contributed by atoms with van der Waals surface area (Å²) in [5, 5.41) is 3.78. The van der Waals surface area contributed by atoms with Crippen LogP contribution in [0.15, 0.2) is 29.5 Å². The molecule has 2 heterocycles. The van der Waals surface area contributed by atoms with E-state index in [1.807, 2.05) is 6.07 Å². The minimum Gasteiger partial charge on any atom is -0.382 e. The predicted molar refractivity (Wildman–Crippen MR) is 117 cm³/mol. The fourth-order valence-corrected chi connectivity index (χ4v) is 3.87. The number of amidine groups is 1. The van der Waals surface area contributed by atoms with E-state index >= 15 is 0 Å². The van der Waals surface area contributed by atoms with Gasteiger partial charge in [0.25, 0.3) is 0 Å². The molecular weight excluding hydrogens is 410 g/mol. The summed E-state index contributed by atoms with van der Waals surface area (Å²) >= 11 is 5.77. The van der Waals surface area contributed by atoms with Crippen LogP contribution in [0.1, 0.15) is 30.7 Å². The molecule has 0 radical (unpaired) electrons. The lowest BCUT2D eigenvalue weighted by Gasteiger charge is -2.37. The maximum Gasteiger partial charge on any atom is 0.155 e. The number of piperazine rings is 1. The van der Waals surface area contributed by atoms with Crippen LogP contribution in [0.4, 0.5) is 14.5 Å². The van der Waals surface area contributed by atoms with Gasteiger partial charge in [-0.1, -0.05) is 25.4 Å². The molecule has 1 aliphatic rings. The summed E-state index contributed by atoms with van der Waals surface area (Å²) < 4.78 is 28.9. The third-order valence-electron chi connectivity index (χ3n) is 5.14. The van der Waals surface area contributed by atoms with E-state index < -0.39 is 11.6 Å². The number of hydrazone groups is 1. The molecule has 0 saturated carbocycles. The monoisotopic (exact) mass is 436 g/mol. The van der Waals surface area contributed by atoms with E-state index in [4.69, 9.17) is 23.2 Å². The Kier molecular flexibility index (Phi) is 7.10. The van der Waals surface area contributed by atoms with Crippen molar-refractivity contribution < 1.29 is 8.78 Å². The minimum absolute atomic E-state index is 0.0338. The summed E-state index contributed by atoms with van der Waals surface area (Å²) in [4.78, 5) is 8.26. The smallest absolute Gasteiger partial charge is 0.155 e. The zero-order valence-corrected chi connectivity index (χ0v) is 18.0. The van der Waals surface area contributed by atoms with E-state index in [1.54, 1.807) is 0 Å². The van der Waals surface area contributed by atoms with Crippen LogP contribution < -0.4 is 16.5 Å². The first-order valence-corrected chi connectivity index (χ1v) is 10.3. The molecule has 1 aromatic heterocycles. The first-order valence-electron chi connectivity index (χ1n) is 9.91. The summed E-state index contributed by atoms with van der Waals surface area (Å²) in [7, 11) is 0. The number of hydrogen-bond donors (Lipinski definition) is 2. The molecule has 9 heteroatoms. The molecule has 0 amide bonds. The SMILES string of the molecule is CC(C)Cc1cc(F)c(/C(N)=N/N)c(N2CCN(Cc3ncc(Cl)cc3F)CC2)c1. The van der Waals surface area contributed by atoms with Gasteiger partial charge in [0.05, 0.1) is 22.0 Å². The maximum absolute atomic E-state index is 14.9.